The van der Waals surface area contributed by atoms with Crippen molar-refractivity contribution in [2.45, 2.75) is 45.6 Å². The van der Waals surface area contributed by atoms with Gasteiger partial charge in [0, 0.05) is 4.88 Å². The van der Waals surface area contributed by atoms with E-state index in [-0.39, 0.29) is 12.5 Å². The Hall–Kier alpha value is -1.76. The molecule has 2 aromatic rings. The number of nitrogens with zero attached hydrogens (tertiary/aromatic N) is 4. The van der Waals surface area contributed by atoms with E-state index in [0.717, 1.165) is 24.1 Å². The number of tetrazole rings is 1. The van der Waals surface area contributed by atoms with Crippen molar-refractivity contribution in [1.29, 1.82) is 0 Å². The highest BCUT2D eigenvalue weighted by Gasteiger charge is 2.21. The molecule has 0 radical (unpaired) electrons. The van der Waals surface area contributed by atoms with Gasteiger partial charge in [-0.2, -0.15) is 0 Å². The normalized spacial score (nSPS) is 12.5. The Bertz CT molecular complexity index is 578. The van der Waals surface area contributed by atoms with Crippen molar-refractivity contribution in [2.75, 3.05) is 0 Å². The second-order valence-corrected chi connectivity index (χ2v) is 5.78. The third-order valence-corrected chi connectivity index (χ3v) is 4.33. The zero-order chi connectivity index (χ0) is 14.5. The minimum absolute atomic E-state index is 0.0396. The van der Waals surface area contributed by atoms with Gasteiger partial charge < -0.3 is 5.11 Å². The Morgan fingerprint density at radius 3 is 2.85 bits per heavy atom. The van der Waals surface area contributed by atoms with Crippen LogP contribution in [0.5, 0.6) is 0 Å². The number of thiophene rings is 1. The van der Waals surface area contributed by atoms with E-state index >= 15 is 0 Å². The number of aliphatic carboxylic acids is 1. The number of carboxylic acids is 1. The van der Waals surface area contributed by atoms with Gasteiger partial charge in [-0.3, -0.25) is 4.79 Å². The van der Waals surface area contributed by atoms with Crippen LogP contribution in [0.25, 0.3) is 10.7 Å². The summed E-state index contributed by atoms with van der Waals surface area (Å²) in [6, 6.07) is 3.86. The summed E-state index contributed by atoms with van der Waals surface area (Å²) in [5.41, 5.74) is 0. The highest BCUT2D eigenvalue weighted by molar-refractivity contribution is 7.15. The summed E-state index contributed by atoms with van der Waals surface area (Å²) < 4.78 is 1.66. The highest BCUT2D eigenvalue weighted by atomic mass is 32.1. The van der Waals surface area contributed by atoms with Gasteiger partial charge in [0.15, 0.2) is 5.82 Å². The molecule has 1 atom stereocenters. The molecule has 20 heavy (non-hydrogen) atoms. The van der Waals surface area contributed by atoms with E-state index in [2.05, 4.69) is 28.5 Å². The van der Waals surface area contributed by atoms with E-state index in [0.29, 0.717) is 5.82 Å². The van der Waals surface area contributed by atoms with Crippen LogP contribution in [-0.4, -0.2) is 31.3 Å². The van der Waals surface area contributed by atoms with Gasteiger partial charge in [-0.15, -0.1) is 16.4 Å². The molecule has 108 valence electrons. The number of hydrogen-bond donors (Lipinski definition) is 1. The van der Waals surface area contributed by atoms with Crippen molar-refractivity contribution >= 4 is 17.3 Å². The summed E-state index contributed by atoms with van der Waals surface area (Å²) in [5, 5.41) is 20.8. The zero-order valence-electron chi connectivity index (χ0n) is 11.6. The second-order valence-electron chi connectivity index (χ2n) is 4.61. The third kappa shape index (κ3) is 3.22. The Balaban J connectivity index is 2.32. The van der Waals surface area contributed by atoms with Gasteiger partial charge in [-0.1, -0.05) is 20.3 Å². The SMILES string of the molecule is CCCC(CC(=O)O)n1nnnc1-c1ccc(CC)s1. The van der Waals surface area contributed by atoms with Gasteiger partial charge >= 0.3 is 5.97 Å². The molecule has 0 aliphatic heterocycles. The monoisotopic (exact) mass is 294 g/mol. The number of hydrogen-bond acceptors (Lipinski definition) is 5. The van der Waals surface area contributed by atoms with Crippen molar-refractivity contribution in [2.24, 2.45) is 0 Å². The maximum atomic E-state index is 11.0. The van der Waals surface area contributed by atoms with Crippen molar-refractivity contribution in [3.05, 3.63) is 17.0 Å². The molecule has 1 N–H and O–H groups in total. The lowest BCUT2D eigenvalue weighted by atomic mass is 10.1. The maximum absolute atomic E-state index is 11.0. The van der Waals surface area contributed by atoms with Crippen LogP contribution in [0.4, 0.5) is 0 Å². The van der Waals surface area contributed by atoms with E-state index in [1.54, 1.807) is 16.0 Å². The van der Waals surface area contributed by atoms with Crippen molar-refractivity contribution in [3.8, 4) is 10.7 Å². The molecule has 0 amide bonds. The number of carbonyl (C=O) groups is 1. The molecular formula is C13H18N4O2S. The Labute approximate surface area is 121 Å². The fraction of sp³-hybridized carbons (Fsp3) is 0.538. The maximum Gasteiger partial charge on any atom is 0.305 e. The van der Waals surface area contributed by atoms with Gasteiger partial charge in [0.2, 0.25) is 0 Å². The van der Waals surface area contributed by atoms with Crippen LogP contribution in [0.2, 0.25) is 0 Å². The van der Waals surface area contributed by atoms with Crippen molar-refractivity contribution < 1.29 is 9.90 Å². The topological polar surface area (TPSA) is 80.9 Å². The van der Waals surface area contributed by atoms with Gasteiger partial charge in [0.1, 0.15) is 0 Å². The van der Waals surface area contributed by atoms with E-state index in [4.69, 9.17) is 5.11 Å². The van der Waals surface area contributed by atoms with Crippen molar-refractivity contribution in [3.63, 3.8) is 0 Å². The Morgan fingerprint density at radius 2 is 2.25 bits per heavy atom. The largest absolute Gasteiger partial charge is 0.481 e. The molecule has 0 spiro atoms. The average Bonchev–Trinajstić information content (AvgIpc) is 3.06. The molecule has 0 aromatic carbocycles. The summed E-state index contributed by atoms with van der Waals surface area (Å²) in [6.07, 6.45) is 2.65. The van der Waals surface area contributed by atoms with Gasteiger partial charge in [0.05, 0.1) is 17.3 Å². The smallest absolute Gasteiger partial charge is 0.305 e. The van der Waals surface area contributed by atoms with Crippen LogP contribution < -0.4 is 0 Å². The summed E-state index contributed by atoms with van der Waals surface area (Å²) in [5.74, 6) is -0.167. The van der Waals surface area contributed by atoms with Gasteiger partial charge in [-0.05, 0) is 35.4 Å². The van der Waals surface area contributed by atoms with Crippen LogP contribution >= 0.6 is 11.3 Å². The molecule has 0 saturated carbocycles. The van der Waals surface area contributed by atoms with Gasteiger partial charge in [0.25, 0.3) is 0 Å². The number of carboxylic acid groups (broad SMARTS) is 1. The lowest BCUT2D eigenvalue weighted by molar-refractivity contribution is -0.138. The molecule has 2 heterocycles. The predicted octanol–water partition coefficient (Wildman–Crippen LogP) is 2.78. The molecule has 0 bridgehead atoms. The molecule has 0 saturated heterocycles. The van der Waals surface area contributed by atoms with Crippen LogP contribution in [0.15, 0.2) is 12.1 Å². The van der Waals surface area contributed by atoms with Crippen molar-refractivity contribution in [1.82, 2.24) is 20.2 Å². The van der Waals surface area contributed by atoms with E-state index < -0.39 is 5.97 Å². The minimum Gasteiger partial charge on any atom is -0.481 e. The standard InChI is InChI=1S/C13H18N4O2S/c1-3-5-9(8-12(18)19)17-13(14-15-16-17)11-7-6-10(4-2)20-11/h6-7,9H,3-5,8H2,1-2H3,(H,18,19). The van der Waals surface area contributed by atoms with Crippen LogP contribution in [-0.2, 0) is 11.2 Å². The molecule has 2 rings (SSSR count). The zero-order valence-corrected chi connectivity index (χ0v) is 12.4. The number of rotatable bonds is 7. The summed E-state index contributed by atoms with van der Waals surface area (Å²) in [7, 11) is 0. The molecule has 6 nitrogen and oxygen atoms in total. The molecule has 1 unspecified atom stereocenters. The van der Waals surface area contributed by atoms with Crippen LogP contribution in [0.3, 0.4) is 0 Å². The predicted molar refractivity (Wildman–Crippen MR) is 76.7 cm³/mol. The van der Waals surface area contributed by atoms with Crippen LogP contribution in [0, 0.1) is 0 Å². The lowest BCUT2D eigenvalue weighted by Crippen LogP contribution is -2.16. The first-order valence-corrected chi connectivity index (χ1v) is 7.56. The van der Waals surface area contributed by atoms with Gasteiger partial charge in [-0.25, -0.2) is 4.68 Å². The first-order valence-electron chi connectivity index (χ1n) is 6.74. The van der Waals surface area contributed by atoms with E-state index in [1.165, 1.54) is 4.88 Å². The Kier molecular flexibility index (Phi) is 4.84. The number of aryl methyl sites for hydroxylation is 1. The minimum atomic E-state index is -0.828. The highest BCUT2D eigenvalue weighted by Crippen LogP contribution is 2.29. The summed E-state index contributed by atoms with van der Waals surface area (Å²) in [4.78, 5) is 13.2. The summed E-state index contributed by atoms with van der Waals surface area (Å²) >= 11 is 1.65. The molecule has 7 heteroatoms. The number of aromatic nitrogens is 4. The van der Waals surface area contributed by atoms with E-state index in [1.807, 2.05) is 13.0 Å². The fourth-order valence-electron chi connectivity index (χ4n) is 2.14. The lowest BCUT2D eigenvalue weighted by Gasteiger charge is -2.14. The summed E-state index contributed by atoms with van der Waals surface area (Å²) in [6.45, 7) is 4.13. The van der Waals surface area contributed by atoms with Crippen LogP contribution in [0.1, 0.15) is 44.0 Å². The third-order valence-electron chi connectivity index (χ3n) is 3.10. The second kappa shape index (κ2) is 6.60. The molecule has 0 aliphatic rings. The first-order chi connectivity index (χ1) is 9.65. The van der Waals surface area contributed by atoms with E-state index in [9.17, 15) is 4.79 Å². The quantitative estimate of drug-likeness (QED) is 0.849. The molecule has 0 aliphatic carbocycles. The average molecular weight is 294 g/mol. The Morgan fingerprint density at radius 1 is 1.45 bits per heavy atom. The first kappa shape index (κ1) is 14.6. The molecular weight excluding hydrogens is 276 g/mol. The molecule has 2 aromatic heterocycles. The fourth-order valence-corrected chi connectivity index (χ4v) is 3.06. The molecule has 0 fully saturated rings.